The maximum Gasteiger partial charge on any atom is 0.244 e. The summed E-state index contributed by atoms with van der Waals surface area (Å²) >= 11 is 0. The number of nitrogens with two attached hydrogens (primary N) is 1. The number of hydrogen-bond donors (Lipinski definition) is 3. The summed E-state index contributed by atoms with van der Waals surface area (Å²) in [5.74, 6) is -0.624. The molecule has 1 aliphatic heterocycles. The smallest absolute Gasteiger partial charge is 0.244 e. The van der Waals surface area contributed by atoms with E-state index in [-0.39, 0.29) is 24.4 Å². The fourth-order valence-electron chi connectivity index (χ4n) is 2.75. The number of carbonyl (C=O) groups is 3. The molecule has 1 saturated carbocycles. The Hall–Kier alpha value is -1.63. The first-order valence-corrected chi connectivity index (χ1v) is 7.50. The van der Waals surface area contributed by atoms with Crippen LogP contribution in [0.15, 0.2) is 0 Å². The molecule has 2 atom stereocenters. The van der Waals surface area contributed by atoms with Crippen LogP contribution >= 0.6 is 0 Å². The van der Waals surface area contributed by atoms with Crippen molar-refractivity contribution in [3.8, 4) is 0 Å². The Morgan fingerprint density at radius 2 is 2.10 bits per heavy atom. The van der Waals surface area contributed by atoms with Crippen LogP contribution < -0.4 is 16.4 Å². The summed E-state index contributed by atoms with van der Waals surface area (Å²) in [6, 6.07) is -0.357. The van der Waals surface area contributed by atoms with Crippen molar-refractivity contribution in [1.82, 2.24) is 15.5 Å². The summed E-state index contributed by atoms with van der Waals surface area (Å²) in [6.45, 7) is 4.47. The number of hydrogen-bond acceptors (Lipinski definition) is 4. The van der Waals surface area contributed by atoms with Gasteiger partial charge in [0.15, 0.2) is 0 Å². The molecule has 1 aliphatic carbocycles. The molecule has 1 saturated heterocycles. The third-order valence-electron chi connectivity index (χ3n) is 3.88. The number of piperazine rings is 1. The Bertz CT molecular complexity index is 434. The second kappa shape index (κ2) is 6.43. The molecule has 0 bridgehead atoms. The molecule has 4 N–H and O–H groups in total. The molecule has 0 radical (unpaired) electrons. The molecule has 7 heteroatoms. The highest BCUT2D eigenvalue weighted by molar-refractivity contribution is 5.93. The normalized spacial score (nSPS) is 26.5. The lowest BCUT2D eigenvalue weighted by Crippen LogP contribution is -2.64. The summed E-state index contributed by atoms with van der Waals surface area (Å²) in [4.78, 5) is 37.2. The van der Waals surface area contributed by atoms with Crippen LogP contribution in [-0.4, -0.2) is 53.8 Å². The molecule has 0 aromatic heterocycles. The molecule has 0 aromatic rings. The van der Waals surface area contributed by atoms with Gasteiger partial charge in [0.25, 0.3) is 0 Å². The largest absolute Gasteiger partial charge is 0.368 e. The van der Waals surface area contributed by atoms with E-state index in [2.05, 4.69) is 29.4 Å². The highest BCUT2D eigenvalue weighted by Gasteiger charge is 2.43. The number of rotatable bonds is 6. The van der Waals surface area contributed by atoms with Crippen molar-refractivity contribution in [2.45, 2.75) is 51.2 Å². The van der Waals surface area contributed by atoms with E-state index in [1.165, 1.54) is 0 Å². The van der Waals surface area contributed by atoms with Crippen LogP contribution in [0.25, 0.3) is 0 Å². The lowest BCUT2D eigenvalue weighted by molar-refractivity contribution is -0.138. The van der Waals surface area contributed by atoms with Gasteiger partial charge >= 0.3 is 0 Å². The zero-order chi connectivity index (χ0) is 15.6. The molecular weight excluding hydrogens is 272 g/mol. The first-order chi connectivity index (χ1) is 9.88. The first kappa shape index (κ1) is 15.8. The van der Waals surface area contributed by atoms with Crippen LogP contribution in [0, 0.1) is 5.92 Å². The zero-order valence-electron chi connectivity index (χ0n) is 12.6. The summed E-state index contributed by atoms with van der Waals surface area (Å²) in [6.07, 6.45) is 2.95. The molecule has 118 valence electrons. The molecule has 0 aromatic carbocycles. The number of nitrogens with zero attached hydrogens (tertiary/aromatic N) is 1. The number of nitrogens with one attached hydrogen (secondary N) is 2. The molecule has 3 amide bonds. The standard InChI is InChI=1S/C14H24N4O3/c1-8(2)5-11-14(21)17-10(7-18(11)9-3-4-9)13(20)16-6-12(15)19/h8-11H,3-7H2,1-2H3,(H2,15,19)(H,16,20)(H,17,21)/t10-,11+/m1/s1. The molecule has 0 unspecified atom stereocenters. The van der Waals surface area contributed by atoms with Crippen molar-refractivity contribution in [3.63, 3.8) is 0 Å². The lowest BCUT2D eigenvalue weighted by atomic mass is 9.98. The molecule has 2 aliphatic rings. The Morgan fingerprint density at radius 3 is 2.62 bits per heavy atom. The van der Waals surface area contributed by atoms with Gasteiger partial charge in [0.2, 0.25) is 17.7 Å². The molecule has 0 spiro atoms. The minimum atomic E-state index is -0.610. The molecule has 7 nitrogen and oxygen atoms in total. The summed E-state index contributed by atoms with van der Waals surface area (Å²) < 4.78 is 0. The minimum Gasteiger partial charge on any atom is -0.368 e. The Kier molecular flexibility index (Phi) is 4.82. The summed E-state index contributed by atoms with van der Waals surface area (Å²) in [5.41, 5.74) is 5.01. The maximum atomic E-state index is 12.3. The summed E-state index contributed by atoms with van der Waals surface area (Å²) in [7, 11) is 0. The van der Waals surface area contributed by atoms with Crippen LogP contribution in [0.3, 0.4) is 0 Å². The molecular formula is C14H24N4O3. The van der Waals surface area contributed by atoms with E-state index in [0.29, 0.717) is 18.5 Å². The van der Waals surface area contributed by atoms with Crippen LogP contribution in [0.5, 0.6) is 0 Å². The van der Waals surface area contributed by atoms with Crippen LogP contribution in [0.1, 0.15) is 33.1 Å². The van der Waals surface area contributed by atoms with Crippen molar-refractivity contribution in [2.24, 2.45) is 11.7 Å². The van der Waals surface area contributed by atoms with Gasteiger partial charge in [0, 0.05) is 12.6 Å². The van der Waals surface area contributed by atoms with Gasteiger partial charge in [-0.1, -0.05) is 13.8 Å². The molecule has 1 heterocycles. The van der Waals surface area contributed by atoms with Crippen molar-refractivity contribution < 1.29 is 14.4 Å². The first-order valence-electron chi connectivity index (χ1n) is 7.50. The average molecular weight is 296 g/mol. The minimum absolute atomic E-state index is 0.0962. The van der Waals surface area contributed by atoms with Crippen LogP contribution in [0.4, 0.5) is 0 Å². The van der Waals surface area contributed by atoms with E-state index >= 15 is 0 Å². The third-order valence-corrected chi connectivity index (χ3v) is 3.88. The fourth-order valence-corrected chi connectivity index (χ4v) is 2.75. The van der Waals surface area contributed by atoms with Crippen molar-refractivity contribution in [1.29, 1.82) is 0 Å². The van der Waals surface area contributed by atoms with E-state index in [9.17, 15) is 14.4 Å². The van der Waals surface area contributed by atoms with Gasteiger partial charge in [-0.2, -0.15) is 0 Å². The maximum absolute atomic E-state index is 12.3. The highest BCUT2D eigenvalue weighted by atomic mass is 16.2. The SMILES string of the molecule is CC(C)C[C@H]1C(=O)N[C@@H](C(=O)NCC(N)=O)CN1C1CC1. The van der Waals surface area contributed by atoms with Crippen molar-refractivity contribution in [3.05, 3.63) is 0 Å². The van der Waals surface area contributed by atoms with E-state index in [1.807, 2.05) is 0 Å². The summed E-state index contributed by atoms with van der Waals surface area (Å²) in [5, 5.41) is 5.22. The van der Waals surface area contributed by atoms with E-state index in [4.69, 9.17) is 5.73 Å². The Labute approximate surface area is 124 Å². The molecule has 21 heavy (non-hydrogen) atoms. The van der Waals surface area contributed by atoms with Gasteiger partial charge in [-0.25, -0.2) is 0 Å². The van der Waals surface area contributed by atoms with Crippen molar-refractivity contribution in [2.75, 3.05) is 13.1 Å². The Balaban J connectivity index is 2.00. The van der Waals surface area contributed by atoms with Gasteiger partial charge in [0.05, 0.1) is 12.6 Å². The second-order valence-electron chi connectivity index (χ2n) is 6.32. The monoisotopic (exact) mass is 296 g/mol. The highest BCUT2D eigenvalue weighted by Crippen LogP contribution is 2.32. The number of carbonyl (C=O) groups excluding carboxylic acids is 3. The topological polar surface area (TPSA) is 105 Å². The third kappa shape index (κ3) is 4.17. The number of primary amides is 1. The van der Waals surface area contributed by atoms with E-state index in [0.717, 1.165) is 19.3 Å². The zero-order valence-corrected chi connectivity index (χ0v) is 12.6. The fraction of sp³-hybridized carbons (Fsp3) is 0.786. The number of amides is 3. The van der Waals surface area contributed by atoms with Gasteiger partial charge in [-0.05, 0) is 25.2 Å². The van der Waals surface area contributed by atoms with Crippen LogP contribution in [-0.2, 0) is 14.4 Å². The molecule has 2 fully saturated rings. The van der Waals surface area contributed by atoms with Gasteiger partial charge < -0.3 is 16.4 Å². The predicted molar refractivity (Wildman–Crippen MR) is 77.1 cm³/mol. The van der Waals surface area contributed by atoms with Crippen molar-refractivity contribution >= 4 is 17.7 Å². The second-order valence-corrected chi connectivity index (χ2v) is 6.32. The van der Waals surface area contributed by atoms with E-state index < -0.39 is 11.9 Å². The van der Waals surface area contributed by atoms with Crippen LogP contribution in [0.2, 0.25) is 0 Å². The van der Waals surface area contributed by atoms with Gasteiger partial charge in [0.1, 0.15) is 6.04 Å². The lowest BCUT2D eigenvalue weighted by Gasteiger charge is -2.39. The quantitative estimate of drug-likeness (QED) is 0.582. The van der Waals surface area contributed by atoms with Gasteiger partial charge in [-0.3, -0.25) is 19.3 Å². The molecule has 2 rings (SSSR count). The average Bonchev–Trinajstić information content (AvgIpc) is 3.21. The predicted octanol–water partition coefficient (Wildman–Crippen LogP) is -1.03. The van der Waals surface area contributed by atoms with Gasteiger partial charge in [-0.15, -0.1) is 0 Å². The Morgan fingerprint density at radius 1 is 1.43 bits per heavy atom. The van der Waals surface area contributed by atoms with E-state index in [1.54, 1.807) is 0 Å².